The van der Waals surface area contributed by atoms with E-state index in [1.54, 1.807) is 0 Å². The van der Waals surface area contributed by atoms with E-state index >= 15 is 0 Å². The van der Waals surface area contributed by atoms with Crippen LogP contribution >= 0.6 is 18.2 Å². The molecule has 13 heteroatoms. The van der Waals surface area contributed by atoms with E-state index < -0.39 is 19.0 Å². The normalized spacial score (nSPS) is 42.5. The highest BCUT2D eigenvalue weighted by molar-refractivity contribution is 8.54. The Kier molecular flexibility index (Phi) is 10.9. The first-order valence-electron chi connectivity index (χ1n) is 12.1. The smallest absolute Gasteiger partial charge is 0.192 e. The molecular formula is C20H36B4O7PS-. The van der Waals surface area contributed by atoms with Crippen LogP contribution in [0.3, 0.4) is 0 Å². The monoisotopic (exact) mass is 495 g/mol. The standard InChI is InChI=1S/C20H37B4O7PS/c1-11(2)27-9-17-16-8-20(29-17)24-22-14(6)13(5)21-23-19-7-15(28-12(3)4)18(30-19)10-33-32(25,26)31-16/h11-20H,7-10H2,1-6H3,(H,25,26)/p-1. The van der Waals surface area contributed by atoms with Crippen molar-refractivity contribution >= 4 is 46.9 Å². The Morgan fingerprint density at radius 1 is 0.970 bits per heavy atom. The molecule has 0 spiro atoms. The van der Waals surface area contributed by atoms with Gasteiger partial charge in [0.2, 0.25) is 0 Å². The minimum atomic E-state index is -4.17. The Morgan fingerprint density at radius 3 is 2.21 bits per heavy atom. The average molecular weight is 495 g/mol. The number of rotatable bonds is 5. The topological polar surface area (TPSA) is 86.3 Å². The highest BCUT2D eigenvalue weighted by Crippen LogP contribution is 2.55. The maximum absolute atomic E-state index is 12.9. The molecule has 4 bridgehead atoms. The van der Waals surface area contributed by atoms with Crippen molar-refractivity contribution in [3.8, 4) is 0 Å². The lowest BCUT2D eigenvalue weighted by Gasteiger charge is -2.30. The summed E-state index contributed by atoms with van der Waals surface area (Å²) in [6, 6.07) is -0.287. The Bertz CT molecular complexity index is 664. The van der Waals surface area contributed by atoms with Gasteiger partial charge in [-0.2, -0.15) is 0 Å². The van der Waals surface area contributed by atoms with E-state index in [-0.39, 0.29) is 42.2 Å². The van der Waals surface area contributed by atoms with Crippen LogP contribution in [0.1, 0.15) is 54.4 Å². The number of fused-ring (bicyclic) bond motifs is 4. The number of hydrogen-bond acceptors (Lipinski definition) is 8. The molecule has 3 fully saturated rings. The summed E-state index contributed by atoms with van der Waals surface area (Å²) in [7, 11) is 8.45. The molecule has 9 unspecified atom stereocenters. The zero-order valence-electron chi connectivity index (χ0n) is 20.6. The van der Waals surface area contributed by atoms with Gasteiger partial charge in [0.05, 0.1) is 51.5 Å². The van der Waals surface area contributed by atoms with Crippen LogP contribution < -0.4 is 4.89 Å². The molecule has 4 radical (unpaired) electrons. The van der Waals surface area contributed by atoms with Crippen LogP contribution in [-0.4, -0.2) is 89.7 Å². The molecule has 3 saturated heterocycles. The first kappa shape index (κ1) is 28.2. The van der Waals surface area contributed by atoms with Crippen LogP contribution in [0.5, 0.6) is 0 Å². The number of ether oxygens (including phenoxy) is 4. The van der Waals surface area contributed by atoms with Gasteiger partial charge in [0.25, 0.3) is 0 Å². The van der Waals surface area contributed by atoms with Gasteiger partial charge in [-0.1, -0.05) is 36.9 Å². The second kappa shape index (κ2) is 12.7. The summed E-state index contributed by atoms with van der Waals surface area (Å²) in [5, 5.41) is 0. The second-order valence-electron chi connectivity index (χ2n) is 9.88. The van der Waals surface area contributed by atoms with E-state index in [1.165, 1.54) is 0 Å². The highest BCUT2D eigenvalue weighted by Gasteiger charge is 2.41. The van der Waals surface area contributed by atoms with Crippen LogP contribution in [0.15, 0.2) is 0 Å². The van der Waals surface area contributed by atoms with Crippen LogP contribution in [0, 0.1) is 0 Å². The fourth-order valence-electron chi connectivity index (χ4n) is 4.24. The molecule has 3 heterocycles. The van der Waals surface area contributed by atoms with Crippen LogP contribution in [-0.2, 0) is 28.0 Å². The SMILES string of the molecule is CC(C)OCC1OC2[B][B]C(C)C(C)[B][B]C3CC(OC(C)C)C(CSP(=O)([O-])OC1C2)O3. The van der Waals surface area contributed by atoms with Crippen molar-refractivity contribution in [2.45, 2.75) is 115 Å². The maximum Gasteiger partial charge on any atom is 0.192 e. The zero-order valence-corrected chi connectivity index (χ0v) is 22.3. The first-order chi connectivity index (χ1) is 15.5. The minimum Gasteiger partial charge on any atom is -0.770 e. The third-order valence-electron chi connectivity index (χ3n) is 6.25. The Labute approximate surface area is 206 Å². The van der Waals surface area contributed by atoms with Crippen molar-refractivity contribution in [2.24, 2.45) is 0 Å². The van der Waals surface area contributed by atoms with E-state index in [0.29, 0.717) is 31.1 Å². The molecule has 0 aromatic rings. The predicted molar refractivity (Wildman–Crippen MR) is 134 cm³/mol. The van der Waals surface area contributed by atoms with Crippen molar-refractivity contribution < 1.29 is 32.9 Å². The molecular weight excluding hydrogens is 459 g/mol. The van der Waals surface area contributed by atoms with Gasteiger partial charge in [-0.05, 0) is 40.5 Å². The lowest BCUT2D eigenvalue weighted by Crippen LogP contribution is -2.31. The van der Waals surface area contributed by atoms with E-state index in [9.17, 15) is 9.46 Å². The summed E-state index contributed by atoms with van der Waals surface area (Å²) in [6.45, 7) is 8.33. The summed E-state index contributed by atoms with van der Waals surface area (Å²) in [4.78, 5) is 12.9. The molecule has 0 N–H and O–H groups in total. The fraction of sp³-hybridized carbons (Fsp3) is 1.00. The lowest BCUT2D eigenvalue weighted by molar-refractivity contribution is -0.196. The van der Waals surface area contributed by atoms with Gasteiger partial charge >= 0.3 is 0 Å². The lowest BCUT2D eigenvalue weighted by atomic mass is 9.23. The molecule has 0 amide bonds. The molecule has 0 aromatic heterocycles. The van der Waals surface area contributed by atoms with Gasteiger partial charge in [0.15, 0.2) is 6.80 Å². The molecule has 182 valence electrons. The van der Waals surface area contributed by atoms with Crippen molar-refractivity contribution in [3.63, 3.8) is 0 Å². The highest BCUT2D eigenvalue weighted by atomic mass is 32.7. The van der Waals surface area contributed by atoms with Gasteiger partial charge in [0, 0.05) is 17.8 Å². The van der Waals surface area contributed by atoms with Gasteiger partial charge in [-0.3, -0.25) is 4.57 Å². The molecule has 0 aliphatic carbocycles. The van der Waals surface area contributed by atoms with Crippen molar-refractivity contribution in [3.05, 3.63) is 0 Å². The van der Waals surface area contributed by atoms with Gasteiger partial charge in [-0.15, -0.1) is 0 Å². The van der Waals surface area contributed by atoms with Gasteiger partial charge in [-0.25, -0.2) is 0 Å². The van der Waals surface area contributed by atoms with Crippen LogP contribution in [0.2, 0.25) is 11.6 Å². The summed E-state index contributed by atoms with van der Waals surface area (Å²) in [5.74, 6) is 0.883. The summed E-state index contributed by atoms with van der Waals surface area (Å²) >= 11 is 0.804. The van der Waals surface area contributed by atoms with E-state index in [4.69, 9.17) is 23.5 Å². The molecule has 7 nitrogen and oxygen atoms in total. The second-order valence-corrected chi connectivity index (χ2v) is 13.7. The van der Waals surface area contributed by atoms with E-state index in [1.807, 2.05) is 34.9 Å². The minimum absolute atomic E-state index is 0.0249. The quantitative estimate of drug-likeness (QED) is 0.425. The molecule has 0 aromatic carbocycles. The van der Waals surface area contributed by atoms with Crippen molar-refractivity contribution in [1.29, 1.82) is 0 Å². The largest absolute Gasteiger partial charge is 0.770 e. The third-order valence-corrected chi connectivity index (χ3v) is 9.22. The summed E-state index contributed by atoms with van der Waals surface area (Å²) in [6.07, 6.45) is -0.213. The zero-order chi connectivity index (χ0) is 24.2. The van der Waals surface area contributed by atoms with E-state index in [0.717, 1.165) is 11.4 Å². The molecule has 33 heavy (non-hydrogen) atoms. The maximum atomic E-state index is 12.9. The molecule has 9 atom stereocenters. The first-order valence-corrected chi connectivity index (χ1v) is 15.2. The molecule has 0 saturated carbocycles. The summed E-state index contributed by atoms with van der Waals surface area (Å²) in [5.41, 5.74) is 0. The van der Waals surface area contributed by atoms with E-state index in [2.05, 4.69) is 35.4 Å². The number of hydrogen-bond donors (Lipinski definition) is 0. The molecule has 3 aliphatic heterocycles. The Morgan fingerprint density at radius 2 is 1.61 bits per heavy atom. The molecule has 3 aliphatic rings. The molecule has 3 rings (SSSR count). The van der Waals surface area contributed by atoms with Crippen LogP contribution in [0.25, 0.3) is 0 Å². The van der Waals surface area contributed by atoms with Gasteiger partial charge in [0.1, 0.15) is 20.4 Å². The fourth-order valence-corrected chi connectivity index (χ4v) is 6.98. The average Bonchev–Trinajstić information content (AvgIpc) is 3.28. The van der Waals surface area contributed by atoms with Crippen LogP contribution in [0.4, 0.5) is 0 Å². The van der Waals surface area contributed by atoms with Crippen molar-refractivity contribution in [2.75, 3.05) is 12.4 Å². The Balaban J connectivity index is 1.73. The van der Waals surface area contributed by atoms with Crippen molar-refractivity contribution in [1.82, 2.24) is 0 Å². The Hall–Kier alpha value is 0.600. The third kappa shape index (κ3) is 8.89. The predicted octanol–water partition coefficient (Wildman–Crippen LogP) is 2.30. The van der Waals surface area contributed by atoms with Gasteiger partial charge < -0.3 is 28.4 Å². The summed E-state index contributed by atoms with van der Waals surface area (Å²) < 4.78 is 42.6.